The standard InChI is InChI=1S/C25H20BrN3O4/c1-4-17(30)33-22-16-8-6-5-7-15(16)21-19(22)18(13-9-11-14(26)12-10-13)20-23(27-21)28(2)25(32)29(3)24(20)31/h5-12,18H,4H2,1-3H3/t18-/m1/s1. The molecule has 8 heteroatoms. The van der Waals surface area contributed by atoms with E-state index in [0.29, 0.717) is 28.4 Å². The molecule has 2 heterocycles. The molecule has 1 aromatic heterocycles. The fourth-order valence-electron chi connectivity index (χ4n) is 4.46. The quantitative estimate of drug-likeness (QED) is 0.507. The number of hydrogen-bond donors (Lipinski definition) is 0. The first-order chi connectivity index (χ1) is 15.8. The largest absolute Gasteiger partial charge is 0.425 e. The molecule has 3 aromatic rings. The highest BCUT2D eigenvalue weighted by molar-refractivity contribution is 9.10. The van der Waals surface area contributed by atoms with Gasteiger partial charge in [-0.2, -0.15) is 0 Å². The molecule has 0 amide bonds. The summed E-state index contributed by atoms with van der Waals surface area (Å²) in [4.78, 5) is 43.3. The normalized spacial score (nSPS) is 16.1. The van der Waals surface area contributed by atoms with Gasteiger partial charge >= 0.3 is 11.7 Å². The summed E-state index contributed by atoms with van der Waals surface area (Å²) in [6.07, 6.45) is 0.210. The topological polar surface area (TPSA) is 82.7 Å². The maximum absolute atomic E-state index is 13.4. The molecule has 5 rings (SSSR count). The number of fused-ring (bicyclic) bond motifs is 4. The molecule has 0 saturated heterocycles. The summed E-state index contributed by atoms with van der Waals surface area (Å²) in [5.41, 5.74) is 3.13. The number of carbonyl (C=O) groups is 1. The Hall–Kier alpha value is -3.52. The number of allylic oxidation sites excluding steroid dienone is 1. The van der Waals surface area contributed by atoms with Crippen molar-refractivity contribution in [1.82, 2.24) is 9.13 Å². The highest BCUT2D eigenvalue weighted by Crippen LogP contribution is 2.48. The van der Waals surface area contributed by atoms with Gasteiger partial charge in [-0.3, -0.25) is 18.7 Å². The van der Waals surface area contributed by atoms with Crippen LogP contribution in [0, 0.1) is 0 Å². The van der Waals surface area contributed by atoms with Crippen LogP contribution < -0.4 is 11.2 Å². The lowest BCUT2D eigenvalue weighted by atomic mass is 9.81. The van der Waals surface area contributed by atoms with E-state index in [4.69, 9.17) is 9.73 Å². The third-order valence-electron chi connectivity index (χ3n) is 6.10. The highest BCUT2D eigenvalue weighted by Gasteiger charge is 2.42. The number of benzene rings is 2. The first kappa shape index (κ1) is 21.3. The molecule has 0 bridgehead atoms. The van der Waals surface area contributed by atoms with Crippen molar-refractivity contribution < 1.29 is 9.53 Å². The first-order valence-electron chi connectivity index (χ1n) is 10.5. The van der Waals surface area contributed by atoms with Crippen molar-refractivity contribution in [3.05, 3.63) is 102 Å². The van der Waals surface area contributed by atoms with Crippen LogP contribution in [0.4, 0.5) is 5.82 Å². The number of rotatable bonds is 3. The second kappa shape index (κ2) is 7.81. The van der Waals surface area contributed by atoms with Gasteiger partial charge in [-0.1, -0.05) is 59.3 Å². The van der Waals surface area contributed by atoms with Crippen molar-refractivity contribution in [1.29, 1.82) is 0 Å². The smallest absolute Gasteiger partial charge is 0.332 e. The molecule has 33 heavy (non-hydrogen) atoms. The summed E-state index contributed by atoms with van der Waals surface area (Å²) in [7, 11) is 3.06. The Balaban J connectivity index is 1.93. The SMILES string of the molecule is CCC(=O)OC1=C2C(=Nc3c(c(=O)n(C)c(=O)n3C)[C@@H]2c2ccc(Br)cc2)c2ccccc21. The first-order valence-corrected chi connectivity index (χ1v) is 11.3. The van der Waals surface area contributed by atoms with E-state index >= 15 is 0 Å². The van der Waals surface area contributed by atoms with Crippen LogP contribution in [0.15, 0.2) is 73.2 Å². The Labute approximate surface area is 197 Å². The second-order valence-corrected chi connectivity index (χ2v) is 8.92. The average Bonchev–Trinajstić information content (AvgIpc) is 3.14. The van der Waals surface area contributed by atoms with Gasteiger partial charge in [-0.25, -0.2) is 9.79 Å². The molecule has 0 fully saturated rings. The Morgan fingerprint density at radius 1 is 1.03 bits per heavy atom. The summed E-state index contributed by atoms with van der Waals surface area (Å²) in [5.74, 6) is -0.223. The van der Waals surface area contributed by atoms with E-state index < -0.39 is 17.2 Å². The Morgan fingerprint density at radius 2 is 1.70 bits per heavy atom. The van der Waals surface area contributed by atoms with E-state index in [1.165, 1.54) is 11.6 Å². The van der Waals surface area contributed by atoms with Gasteiger partial charge in [0.05, 0.1) is 11.3 Å². The number of halogens is 1. The molecule has 2 aliphatic rings. The maximum Gasteiger partial charge on any atom is 0.332 e. The molecule has 1 atom stereocenters. The number of carbonyl (C=O) groups excluding carboxylic acids is 1. The van der Waals surface area contributed by atoms with Crippen LogP contribution >= 0.6 is 15.9 Å². The zero-order chi connectivity index (χ0) is 23.4. The fourth-order valence-corrected chi connectivity index (χ4v) is 4.72. The lowest BCUT2D eigenvalue weighted by Gasteiger charge is -2.27. The Bertz CT molecular complexity index is 1510. The Kier molecular flexibility index (Phi) is 5.05. The van der Waals surface area contributed by atoms with Gasteiger partial charge in [0, 0.05) is 47.6 Å². The molecule has 1 aliphatic carbocycles. The lowest BCUT2D eigenvalue weighted by molar-refractivity contribution is -0.136. The molecule has 0 spiro atoms. The summed E-state index contributed by atoms with van der Waals surface area (Å²) in [6, 6.07) is 15.2. The molecule has 7 nitrogen and oxygen atoms in total. The van der Waals surface area contributed by atoms with Crippen LogP contribution in [-0.2, 0) is 23.6 Å². The van der Waals surface area contributed by atoms with Gasteiger partial charge < -0.3 is 4.74 Å². The third kappa shape index (κ3) is 3.16. The molecule has 1 aliphatic heterocycles. The van der Waals surface area contributed by atoms with E-state index in [0.717, 1.165) is 25.7 Å². The number of ether oxygens (including phenoxy) is 1. The van der Waals surface area contributed by atoms with E-state index in [1.807, 2.05) is 48.5 Å². The molecular weight excluding hydrogens is 486 g/mol. The minimum absolute atomic E-state index is 0.210. The van der Waals surface area contributed by atoms with Crippen LogP contribution in [0.3, 0.4) is 0 Å². The van der Waals surface area contributed by atoms with Crippen molar-refractivity contribution in [3.8, 4) is 0 Å². The summed E-state index contributed by atoms with van der Waals surface area (Å²) < 4.78 is 9.22. The van der Waals surface area contributed by atoms with Gasteiger partial charge in [0.15, 0.2) is 0 Å². The van der Waals surface area contributed by atoms with Gasteiger partial charge in [-0.05, 0) is 17.7 Å². The van der Waals surface area contributed by atoms with Crippen molar-refractivity contribution in [2.45, 2.75) is 19.3 Å². The van der Waals surface area contributed by atoms with E-state index in [-0.39, 0.29) is 12.4 Å². The molecule has 0 saturated carbocycles. The zero-order valence-electron chi connectivity index (χ0n) is 18.3. The van der Waals surface area contributed by atoms with Gasteiger partial charge in [0.1, 0.15) is 11.6 Å². The summed E-state index contributed by atoms with van der Waals surface area (Å²) >= 11 is 3.47. The maximum atomic E-state index is 13.4. The van der Waals surface area contributed by atoms with Crippen LogP contribution in [0.5, 0.6) is 0 Å². The van der Waals surface area contributed by atoms with Crippen molar-refractivity contribution in [2.24, 2.45) is 19.1 Å². The van der Waals surface area contributed by atoms with E-state index in [1.54, 1.807) is 14.0 Å². The zero-order valence-corrected chi connectivity index (χ0v) is 19.8. The molecule has 166 valence electrons. The number of nitrogens with zero attached hydrogens (tertiary/aromatic N) is 3. The summed E-state index contributed by atoms with van der Waals surface area (Å²) in [5, 5.41) is 0. The number of aromatic nitrogens is 2. The lowest BCUT2D eigenvalue weighted by Crippen LogP contribution is -2.41. The van der Waals surface area contributed by atoms with Gasteiger partial charge in [-0.15, -0.1) is 0 Å². The molecular formula is C25H20BrN3O4. The summed E-state index contributed by atoms with van der Waals surface area (Å²) in [6.45, 7) is 1.73. The minimum atomic E-state index is -0.571. The minimum Gasteiger partial charge on any atom is -0.425 e. The van der Waals surface area contributed by atoms with E-state index in [2.05, 4.69) is 15.9 Å². The van der Waals surface area contributed by atoms with Crippen molar-refractivity contribution in [2.75, 3.05) is 0 Å². The predicted molar refractivity (Wildman–Crippen MR) is 129 cm³/mol. The molecule has 0 radical (unpaired) electrons. The van der Waals surface area contributed by atoms with Crippen LogP contribution in [0.2, 0.25) is 0 Å². The van der Waals surface area contributed by atoms with Crippen molar-refractivity contribution >= 4 is 39.2 Å². The monoisotopic (exact) mass is 505 g/mol. The second-order valence-electron chi connectivity index (χ2n) is 8.00. The van der Waals surface area contributed by atoms with Crippen LogP contribution in [0.25, 0.3) is 5.76 Å². The average molecular weight is 506 g/mol. The van der Waals surface area contributed by atoms with Gasteiger partial charge in [0.2, 0.25) is 0 Å². The predicted octanol–water partition coefficient (Wildman–Crippen LogP) is 3.79. The highest BCUT2D eigenvalue weighted by atomic mass is 79.9. The number of esters is 1. The van der Waals surface area contributed by atoms with Crippen molar-refractivity contribution in [3.63, 3.8) is 0 Å². The molecule has 2 aromatic carbocycles. The van der Waals surface area contributed by atoms with E-state index in [9.17, 15) is 14.4 Å². The van der Waals surface area contributed by atoms with Gasteiger partial charge in [0.25, 0.3) is 5.56 Å². The number of hydrogen-bond acceptors (Lipinski definition) is 5. The number of aliphatic imine (C=N–C) groups is 1. The molecule has 0 unspecified atom stereocenters. The third-order valence-corrected chi connectivity index (χ3v) is 6.63. The molecule has 0 N–H and O–H groups in total. The van der Waals surface area contributed by atoms with Crippen LogP contribution in [0.1, 0.15) is 41.5 Å². The Morgan fingerprint density at radius 3 is 2.36 bits per heavy atom. The fraction of sp³-hybridized carbons (Fsp3) is 0.200. The van der Waals surface area contributed by atoms with Crippen LogP contribution in [-0.4, -0.2) is 20.8 Å².